The van der Waals surface area contributed by atoms with Crippen LogP contribution in [-0.2, 0) is 4.79 Å². The molecule has 1 aliphatic rings. The maximum absolute atomic E-state index is 11.5. The van der Waals surface area contributed by atoms with Crippen LogP contribution in [0.25, 0.3) is 17.1 Å². The highest BCUT2D eigenvalue weighted by molar-refractivity contribution is 7.99. The first kappa shape index (κ1) is 13.6. The highest BCUT2D eigenvalue weighted by Gasteiger charge is 2.23. The van der Waals surface area contributed by atoms with Gasteiger partial charge in [-0.15, -0.1) is 0 Å². The Balaban J connectivity index is 1.55. The highest BCUT2D eigenvalue weighted by atomic mass is 32.2. The first-order chi connectivity index (χ1) is 11.2. The summed E-state index contributed by atoms with van der Waals surface area (Å²) in [4.78, 5) is 30.2. The topological polar surface area (TPSA) is 100 Å². The van der Waals surface area contributed by atoms with E-state index in [1.165, 1.54) is 17.8 Å². The van der Waals surface area contributed by atoms with Gasteiger partial charge in [0.1, 0.15) is 11.5 Å². The van der Waals surface area contributed by atoms with Crippen LogP contribution in [0, 0.1) is 0 Å². The van der Waals surface area contributed by atoms with Gasteiger partial charge in [-0.2, -0.15) is 0 Å². The lowest BCUT2D eigenvalue weighted by atomic mass is 10.3. The Morgan fingerprint density at radius 3 is 2.74 bits per heavy atom. The number of amides is 3. The number of imide groups is 1. The van der Waals surface area contributed by atoms with Gasteiger partial charge in [-0.25, -0.2) is 9.78 Å². The van der Waals surface area contributed by atoms with Gasteiger partial charge in [0, 0.05) is 6.08 Å². The summed E-state index contributed by atoms with van der Waals surface area (Å²) in [5.41, 5.74) is 1.99. The molecule has 23 heavy (non-hydrogen) atoms. The highest BCUT2D eigenvalue weighted by Crippen LogP contribution is 2.29. The largest absolute Gasteiger partial charge is 0.450 e. The summed E-state index contributed by atoms with van der Waals surface area (Å²) in [7, 11) is 0. The molecule has 0 bridgehead atoms. The van der Waals surface area contributed by atoms with E-state index in [0.29, 0.717) is 16.0 Å². The summed E-state index contributed by atoms with van der Waals surface area (Å²) >= 11 is 1.34. The molecule has 1 aromatic carbocycles. The third-order valence-corrected chi connectivity index (χ3v) is 3.98. The molecule has 3 N–H and O–H groups in total. The fourth-order valence-electron chi connectivity index (χ4n) is 2.16. The van der Waals surface area contributed by atoms with Gasteiger partial charge in [-0.1, -0.05) is 12.1 Å². The number of nitrogens with one attached hydrogen (secondary N) is 3. The zero-order chi connectivity index (χ0) is 15.8. The lowest BCUT2D eigenvalue weighted by molar-refractivity contribution is -0.115. The molecule has 0 radical (unpaired) electrons. The number of nitrogens with zero attached hydrogens (tertiary/aromatic N) is 1. The Kier molecular flexibility index (Phi) is 3.16. The van der Waals surface area contributed by atoms with Crippen LogP contribution in [0.5, 0.6) is 0 Å². The number of imidazole rings is 1. The summed E-state index contributed by atoms with van der Waals surface area (Å²) in [6, 6.07) is 10.7. The molecule has 1 aliphatic heterocycles. The van der Waals surface area contributed by atoms with Crippen LogP contribution >= 0.6 is 11.8 Å². The number of carbonyl (C=O) groups is 2. The van der Waals surface area contributed by atoms with E-state index >= 15 is 0 Å². The number of hydrogen-bond acceptors (Lipinski definition) is 5. The molecular weight excluding hydrogens is 316 g/mol. The number of fused-ring (bicyclic) bond motifs is 1. The maximum atomic E-state index is 11.5. The molecule has 3 amide bonds. The number of para-hydroxylation sites is 2. The minimum absolute atomic E-state index is 0.157. The number of rotatable bonds is 3. The van der Waals surface area contributed by atoms with Crippen molar-refractivity contribution < 1.29 is 14.0 Å². The molecule has 7 nitrogen and oxygen atoms in total. The first-order valence-electron chi connectivity index (χ1n) is 6.74. The minimum atomic E-state index is -0.537. The van der Waals surface area contributed by atoms with E-state index in [9.17, 15) is 9.59 Å². The quantitative estimate of drug-likeness (QED) is 0.507. The molecule has 8 heteroatoms. The predicted octanol–water partition coefficient (Wildman–Crippen LogP) is 2.49. The summed E-state index contributed by atoms with van der Waals surface area (Å²) < 4.78 is 5.62. The summed E-state index contributed by atoms with van der Waals surface area (Å²) in [5.74, 6) is -0.00570. The molecule has 3 aromatic rings. The van der Waals surface area contributed by atoms with Crippen LogP contribution in [0.15, 0.2) is 56.8 Å². The number of benzene rings is 1. The Labute approximate surface area is 134 Å². The Bertz CT molecular complexity index is 923. The first-order valence-corrected chi connectivity index (χ1v) is 7.55. The van der Waals surface area contributed by atoms with Crippen LogP contribution in [0.2, 0.25) is 0 Å². The van der Waals surface area contributed by atoms with Crippen molar-refractivity contribution in [1.29, 1.82) is 0 Å². The second-order valence-corrected chi connectivity index (χ2v) is 5.78. The molecule has 0 saturated carbocycles. The van der Waals surface area contributed by atoms with Crippen molar-refractivity contribution in [3.05, 3.63) is 47.9 Å². The fourth-order valence-corrected chi connectivity index (χ4v) is 2.93. The normalized spacial score (nSPS) is 16.1. The summed E-state index contributed by atoms with van der Waals surface area (Å²) in [6.45, 7) is 0. The lowest BCUT2D eigenvalue weighted by Gasteiger charge is -1.93. The molecule has 114 valence electrons. The van der Waals surface area contributed by atoms with E-state index < -0.39 is 11.9 Å². The molecule has 4 rings (SSSR count). The van der Waals surface area contributed by atoms with E-state index in [1.807, 2.05) is 24.3 Å². The number of H-pyrrole nitrogens is 1. The van der Waals surface area contributed by atoms with Crippen molar-refractivity contribution in [2.75, 3.05) is 0 Å². The van der Waals surface area contributed by atoms with E-state index in [4.69, 9.17) is 4.42 Å². The van der Waals surface area contributed by atoms with E-state index in [0.717, 1.165) is 11.0 Å². The van der Waals surface area contributed by atoms with Crippen molar-refractivity contribution in [1.82, 2.24) is 20.6 Å². The van der Waals surface area contributed by atoms with Crippen molar-refractivity contribution in [3.63, 3.8) is 0 Å². The Morgan fingerprint density at radius 1 is 1.09 bits per heavy atom. The average Bonchev–Trinajstić information content (AvgIpc) is 3.19. The number of carbonyl (C=O) groups excluding carboxylic acids is 2. The molecule has 0 spiro atoms. The van der Waals surface area contributed by atoms with Gasteiger partial charge in [0.15, 0.2) is 10.2 Å². The molecule has 0 aliphatic carbocycles. The second kappa shape index (κ2) is 5.33. The molecule has 0 atom stereocenters. The number of hydrogen-bond donors (Lipinski definition) is 3. The molecule has 1 fully saturated rings. The van der Waals surface area contributed by atoms with Crippen LogP contribution in [-0.4, -0.2) is 21.9 Å². The van der Waals surface area contributed by atoms with E-state index in [1.54, 1.807) is 12.1 Å². The monoisotopic (exact) mass is 326 g/mol. The SMILES string of the molecule is O=C1NC(=O)/C(=C\c2ccc(Sc3nc4ccccc4[nH]3)o2)N1. The van der Waals surface area contributed by atoms with Gasteiger partial charge in [0.05, 0.1) is 11.0 Å². The third-order valence-electron chi connectivity index (χ3n) is 3.17. The molecule has 1 saturated heterocycles. The van der Waals surface area contributed by atoms with Gasteiger partial charge < -0.3 is 14.7 Å². The van der Waals surface area contributed by atoms with Gasteiger partial charge in [0.2, 0.25) is 0 Å². The summed E-state index contributed by atoms with van der Waals surface area (Å²) in [6.07, 6.45) is 1.48. The van der Waals surface area contributed by atoms with Crippen LogP contribution in [0.4, 0.5) is 4.79 Å². The lowest BCUT2D eigenvalue weighted by Crippen LogP contribution is -2.22. The number of aromatic amines is 1. The molecule has 3 heterocycles. The van der Waals surface area contributed by atoms with Crippen LogP contribution < -0.4 is 10.6 Å². The smallest absolute Gasteiger partial charge is 0.326 e. The van der Waals surface area contributed by atoms with Gasteiger partial charge in [-0.3, -0.25) is 10.1 Å². The Hall–Kier alpha value is -3.00. The average molecular weight is 326 g/mol. The zero-order valence-electron chi connectivity index (χ0n) is 11.6. The zero-order valence-corrected chi connectivity index (χ0v) is 12.4. The van der Waals surface area contributed by atoms with Gasteiger partial charge >= 0.3 is 6.03 Å². The summed E-state index contributed by atoms with van der Waals surface area (Å²) in [5, 5.41) is 5.87. The van der Waals surface area contributed by atoms with Crippen LogP contribution in [0.3, 0.4) is 0 Å². The molecular formula is C15H10N4O3S. The van der Waals surface area contributed by atoms with E-state index in [-0.39, 0.29) is 5.70 Å². The van der Waals surface area contributed by atoms with Gasteiger partial charge in [-0.05, 0) is 36.0 Å². The number of urea groups is 1. The van der Waals surface area contributed by atoms with Crippen molar-refractivity contribution in [3.8, 4) is 0 Å². The molecule has 2 aromatic heterocycles. The second-order valence-electron chi connectivity index (χ2n) is 4.78. The van der Waals surface area contributed by atoms with E-state index in [2.05, 4.69) is 20.6 Å². The van der Waals surface area contributed by atoms with Gasteiger partial charge in [0.25, 0.3) is 5.91 Å². The maximum Gasteiger partial charge on any atom is 0.326 e. The number of aromatic nitrogens is 2. The Morgan fingerprint density at radius 2 is 1.96 bits per heavy atom. The van der Waals surface area contributed by atoms with Crippen molar-refractivity contribution >= 4 is 40.8 Å². The van der Waals surface area contributed by atoms with Crippen LogP contribution in [0.1, 0.15) is 5.76 Å². The third kappa shape index (κ3) is 2.71. The van der Waals surface area contributed by atoms with Crippen molar-refractivity contribution in [2.45, 2.75) is 10.2 Å². The minimum Gasteiger partial charge on any atom is -0.450 e. The fraction of sp³-hybridized carbons (Fsp3) is 0. The standard InChI is InChI=1S/C15H10N4O3S/c20-13-11(16-14(21)19-13)7-8-5-6-12(22-8)23-15-17-9-3-1-2-4-10(9)18-15/h1-7H,(H,17,18)(H2,16,19,20,21)/b11-7+. The predicted molar refractivity (Wildman–Crippen MR) is 83.6 cm³/mol. The number of furan rings is 1. The molecule has 0 unspecified atom stereocenters. The van der Waals surface area contributed by atoms with Crippen molar-refractivity contribution in [2.24, 2.45) is 0 Å².